The molecule has 0 amide bonds. The molecule has 2 N–H and O–H groups in total. The Bertz CT molecular complexity index is 837. The number of fused-ring (bicyclic) bond motifs is 1. The molecule has 0 unspecified atom stereocenters. The minimum atomic E-state index is -0.146. The molecule has 1 aliphatic carbocycles. The van der Waals surface area contributed by atoms with Gasteiger partial charge in [0.05, 0.1) is 18.0 Å². The van der Waals surface area contributed by atoms with Gasteiger partial charge in [0.15, 0.2) is 5.65 Å². The van der Waals surface area contributed by atoms with Gasteiger partial charge in [-0.2, -0.15) is 0 Å². The molecule has 0 aromatic carbocycles. The molecule has 0 aliphatic heterocycles. The van der Waals surface area contributed by atoms with Crippen LogP contribution >= 0.6 is 0 Å². The van der Waals surface area contributed by atoms with E-state index in [-0.39, 0.29) is 6.10 Å². The van der Waals surface area contributed by atoms with Gasteiger partial charge in [-0.3, -0.25) is 4.98 Å². The molecular formula is C18H21N5O. The number of hydrogen-bond acceptors (Lipinski definition) is 5. The van der Waals surface area contributed by atoms with Crippen molar-refractivity contribution in [3.05, 3.63) is 42.4 Å². The molecule has 4 rings (SSSR count). The molecule has 0 atom stereocenters. The summed E-state index contributed by atoms with van der Waals surface area (Å²) >= 11 is 0. The largest absolute Gasteiger partial charge is 0.393 e. The number of imidazole rings is 1. The molecule has 1 saturated carbocycles. The Hall–Kier alpha value is -2.47. The summed E-state index contributed by atoms with van der Waals surface area (Å²) in [5, 5.41) is 17.9. The minimum Gasteiger partial charge on any atom is -0.393 e. The average molecular weight is 323 g/mol. The van der Waals surface area contributed by atoms with Crippen molar-refractivity contribution in [1.82, 2.24) is 19.6 Å². The van der Waals surface area contributed by atoms with Crippen molar-refractivity contribution in [2.45, 2.75) is 44.8 Å². The van der Waals surface area contributed by atoms with Gasteiger partial charge in [-0.25, -0.2) is 9.50 Å². The van der Waals surface area contributed by atoms with Crippen LogP contribution in [-0.4, -0.2) is 36.8 Å². The number of pyridine rings is 1. The monoisotopic (exact) mass is 323 g/mol. The zero-order valence-corrected chi connectivity index (χ0v) is 13.7. The van der Waals surface area contributed by atoms with Crippen LogP contribution in [0.3, 0.4) is 0 Å². The minimum absolute atomic E-state index is 0.146. The topological polar surface area (TPSA) is 75.3 Å². The van der Waals surface area contributed by atoms with Crippen molar-refractivity contribution >= 4 is 11.5 Å². The first kappa shape index (κ1) is 15.1. The summed E-state index contributed by atoms with van der Waals surface area (Å²) in [4.78, 5) is 8.58. The van der Waals surface area contributed by atoms with Gasteiger partial charge >= 0.3 is 0 Å². The summed E-state index contributed by atoms with van der Waals surface area (Å²) in [6, 6.07) is 6.33. The quantitative estimate of drug-likeness (QED) is 0.775. The van der Waals surface area contributed by atoms with Gasteiger partial charge in [0.1, 0.15) is 5.82 Å². The van der Waals surface area contributed by atoms with Crippen LogP contribution in [0.2, 0.25) is 0 Å². The second-order valence-electron chi connectivity index (χ2n) is 6.48. The third-order valence-electron chi connectivity index (χ3n) is 4.68. The molecule has 124 valence electrons. The van der Waals surface area contributed by atoms with Gasteiger partial charge in [-0.15, -0.1) is 5.10 Å². The second kappa shape index (κ2) is 6.20. The van der Waals surface area contributed by atoms with Gasteiger partial charge in [-0.1, -0.05) is 0 Å². The molecule has 0 radical (unpaired) electrons. The normalized spacial score (nSPS) is 21.1. The van der Waals surface area contributed by atoms with E-state index in [1.54, 1.807) is 12.4 Å². The molecule has 3 heterocycles. The molecule has 6 heteroatoms. The first-order chi connectivity index (χ1) is 11.7. The molecule has 3 aromatic rings. The number of aliphatic hydroxyl groups is 1. The van der Waals surface area contributed by atoms with Crippen LogP contribution in [0.15, 0.2) is 36.8 Å². The van der Waals surface area contributed by atoms with Crippen molar-refractivity contribution in [3.8, 4) is 11.3 Å². The maximum absolute atomic E-state index is 9.65. The van der Waals surface area contributed by atoms with E-state index < -0.39 is 0 Å². The van der Waals surface area contributed by atoms with E-state index in [2.05, 4.69) is 22.2 Å². The van der Waals surface area contributed by atoms with E-state index in [1.807, 2.05) is 28.9 Å². The van der Waals surface area contributed by atoms with Crippen LogP contribution in [-0.2, 0) is 0 Å². The van der Waals surface area contributed by atoms with Crippen LogP contribution in [0.4, 0.5) is 5.82 Å². The van der Waals surface area contributed by atoms with E-state index in [4.69, 9.17) is 5.10 Å². The molecule has 0 spiro atoms. The maximum Gasteiger partial charge on any atom is 0.157 e. The molecule has 1 fully saturated rings. The fourth-order valence-corrected chi connectivity index (χ4v) is 3.34. The first-order valence-electron chi connectivity index (χ1n) is 8.41. The van der Waals surface area contributed by atoms with E-state index in [0.717, 1.165) is 54.0 Å². The van der Waals surface area contributed by atoms with Crippen LogP contribution in [0.25, 0.3) is 16.9 Å². The lowest BCUT2D eigenvalue weighted by Gasteiger charge is -2.26. The third-order valence-corrected chi connectivity index (χ3v) is 4.68. The van der Waals surface area contributed by atoms with Crippen LogP contribution in [0, 0.1) is 6.92 Å². The number of nitrogens with one attached hydrogen (secondary N) is 1. The molecule has 1 aliphatic rings. The highest BCUT2D eigenvalue weighted by molar-refractivity contribution is 5.65. The predicted octanol–water partition coefficient (Wildman–Crippen LogP) is 2.82. The highest BCUT2D eigenvalue weighted by Crippen LogP contribution is 2.25. The number of aryl methyl sites for hydroxylation is 1. The van der Waals surface area contributed by atoms with Crippen LogP contribution in [0.1, 0.15) is 31.2 Å². The Balaban J connectivity index is 1.68. The Morgan fingerprint density at radius 2 is 1.92 bits per heavy atom. The zero-order chi connectivity index (χ0) is 16.5. The van der Waals surface area contributed by atoms with Crippen molar-refractivity contribution in [1.29, 1.82) is 0 Å². The smallest absolute Gasteiger partial charge is 0.157 e. The lowest BCUT2D eigenvalue weighted by atomic mass is 9.93. The SMILES string of the molecule is Cc1cc(N[C@H]2CC[C@H](O)CC2)nn2c(-c3ccncc3)cnc12. The number of hydrogen-bond donors (Lipinski definition) is 2. The summed E-state index contributed by atoms with van der Waals surface area (Å²) in [5.41, 5.74) is 3.95. The summed E-state index contributed by atoms with van der Waals surface area (Å²) in [6.07, 6.45) is 8.91. The van der Waals surface area contributed by atoms with Gasteiger partial charge in [0.25, 0.3) is 0 Å². The van der Waals surface area contributed by atoms with Gasteiger partial charge in [0.2, 0.25) is 0 Å². The van der Waals surface area contributed by atoms with Gasteiger partial charge in [0, 0.05) is 24.0 Å². The standard InChI is InChI=1S/C18H21N5O/c1-12-10-17(21-14-2-4-15(24)5-3-14)22-23-16(11-20-18(12)23)13-6-8-19-9-7-13/h6-11,14-15,24H,2-5H2,1H3,(H,21,22)/t14-,15-. The number of nitrogens with zero attached hydrogens (tertiary/aromatic N) is 4. The van der Waals surface area contributed by atoms with Crippen molar-refractivity contribution in [2.75, 3.05) is 5.32 Å². The highest BCUT2D eigenvalue weighted by Gasteiger charge is 2.20. The van der Waals surface area contributed by atoms with Gasteiger partial charge in [-0.05, 0) is 56.4 Å². The Labute approximate surface area is 140 Å². The molecule has 6 nitrogen and oxygen atoms in total. The molecule has 3 aromatic heterocycles. The van der Waals surface area contributed by atoms with Crippen LogP contribution in [0.5, 0.6) is 0 Å². The first-order valence-corrected chi connectivity index (χ1v) is 8.41. The van der Waals surface area contributed by atoms with Crippen LogP contribution < -0.4 is 5.32 Å². The van der Waals surface area contributed by atoms with Gasteiger partial charge < -0.3 is 10.4 Å². The van der Waals surface area contributed by atoms with Crippen molar-refractivity contribution in [2.24, 2.45) is 0 Å². The average Bonchev–Trinajstić information content (AvgIpc) is 3.02. The number of anilines is 1. The fraction of sp³-hybridized carbons (Fsp3) is 0.389. The van der Waals surface area contributed by atoms with E-state index in [9.17, 15) is 5.11 Å². The molecule has 0 saturated heterocycles. The van der Waals surface area contributed by atoms with E-state index >= 15 is 0 Å². The third kappa shape index (κ3) is 2.85. The zero-order valence-electron chi connectivity index (χ0n) is 13.7. The molecule has 24 heavy (non-hydrogen) atoms. The van der Waals surface area contributed by atoms with E-state index in [0.29, 0.717) is 6.04 Å². The lowest BCUT2D eigenvalue weighted by Crippen LogP contribution is -2.28. The number of aromatic nitrogens is 4. The van der Waals surface area contributed by atoms with Crippen molar-refractivity contribution in [3.63, 3.8) is 0 Å². The molecule has 0 bridgehead atoms. The predicted molar refractivity (Wildman–Crippen MR) is 92.8 cm³/mol. The lowest BCUT2D eigenvalue weighted by molar-refractivity contribution is 0.126. The summed E-state index contributed by atoms with van der Waals surface area (Å²) in [5.74, 6) is 0.856. The summed E-state index contributed by atoms with van der Waals surface area (Å²) in [6.45, 7) is 2.05. The summed E-state index contributed by atoms with van der Waals surface area (Å²) in [7, 11) is 0. The molecular weight excluding hydrogens is 302 g/mol. The van der Waals surface area contributed by atoms with Crippen molar-refractivity contribution < 1.29 is 5.11 Å². The Morgan fingerprint density at radius 3 is 2.67 bits per heavy atom. The fourth-order valence-electron chi connectivity index (χ4n) is 3.34. The maximum atomic E-state index is 9.65. The Morgan fingerprint density at radius 1 is 1.17 bits per heavy atom. The number of rotatable bonds is 3. The Kier molecular flexibility index (Phi) is 3.90. The second-order valence-corrected chi connectivity index (χ2v) is 6.48. The number of aliphatic hydroxyl groups excluding tert-OH is 1. The van der Waals surface area contributed by atoms with E-state index in [1.165, 1.54) is 0 Å². The highest BCUT2D eigenvalue weighted by atomic mass is 16.3. The summed E-state index contributed by atoms with van der Waals surface area (Å²) < 4.78 is 1.89.